The number of rotatable bonds is 3. The summed E-state index contributed by atoms with van der Waals surface area (Å²) in [7, 11) is 1.60. The number of aliphatic hydroxyl groups is 1. The summed E-state index contributed by atoms with van der Waals surface area (Å²) >= 11 is 0. The monoisotopic (exact) mass is 279 g/mol. The molecule has 0 spiro atoms. The van der Waals surface area contributed by atoms with Gasteiger partial charge in [0.25, 0.3) is 0 Å². The highest BCUT2D eigenvalue weighted by atomic mass is 16.5. The number of nitriles is 1. The van der Waals surface area contributed by atoms with Gasteiger partial charge in [0, 0.05) is 5.39 Å². The molecule has 0 aliphatic heterocycles. The van der Waals surface area contributed by atoms with E-state index in [1.807, 2.05) is 18.2 Å². The van der Waals surface area contributed by atoms with Crippen LogP contribution in [0.25, 0.3) is 16.6 Å². The highest BCUT2D eigenvalue weighted by molar-refractivity contribution is 5.83. The van der Waals surface area contributed by atoms with E-state index in [-0.39, 0.29) is 6.61 Å². The van der Waals surface area contributed by atoms with Crippen LogP contribution < -0.4 is 4.74 Å². The van der Waals surface area contributed by atoms with Crippen molar-refractivity contribution in [1.82, 2.24) is 9.78 Å². The summed E-state index contributed by atoms with van der Waals surface area (Å²) in [5.74, 6) is 0.719. The molecule has 0 saturated heterocycles. The van der Waals surface area contributed by atoms with Crippen molar-refractivity contribution in [3.63, 3.8) is 0 Å². The Hall–Kier alpha value is -2.84. The summed E-state index contributed by atoms with van der Waals surface area (Å²) < 4.78 is 6.90. The van der Waals surface area contributed by atoms with Gasteiger partial charge in [0.15, 0.2) is 0 Å². The van der Waals surface area contributed by atoms with Gasteiger partial charge in [0.2, 0.25) is 0 Å². The molecule has 0 aliphatic rings. The molecule has 0 atom stereocenters. The Morgan fingerprint density at radius 1 is 1.24 bits per heavy atom. The molecule has 0 bridgehead atoms. The third kappa shape index (κ3) is 2.22. The first-order chi connectivity index (χ1) is 10.3. The van der Waals surface area contributed by atoms with Gasteiger partial charge < -0.3 is 9.84 Å². The lowest BCUT2D eigenvalue weighted by molar-refractivity contribution is 0.274. The van der Waals surface area contributed by atoms with Crippen molar-refractivity contribution in [2.75, 3.05) is 7.11 Å². The van der Waals surface area contributed by atoms with Gasteiger partial charge in [-0.3, -0.25) is 0 Å². The zero-order chi connectivity index (χ0) is 14.8. The molecular formula is C16H13N3O2. The molecule has 0 fully saturated rings. The normalized spacial score (nSPS) is 10.5. The summed E-state index contributed by atoms with van der Waals surface area (Å²) in [4.78, 5) is 0. The molecule has 1 aromatic heterocycles. The highest BCUT2D eigenvalue weighted by Gasteiger charge is 2.12. The van der Waals surface area contributed by atoms with E-state index in [9.17, 15) is 5.11 Å². The van der Waals surface area contributed by atoms with Crippen molar-refractivity contribution in [3.8, 4) is 17.5 Å². The first-order valence-electron chi connectivity index (χ1n) is 6.44. The van der Waals surface area contributed by atoms with E-state index < -0.39 is 0 Å². The minimum Gasteiger partial charge on any atom is -0.497 e. The quantitative estimate of drug-likeness (QED) is 0.799. The SMILES string of the molecule is COc1ccc2nn(-c3ccc(C#N)cc3)c(CO)c2c1. The zero-order valence-corrected chi connectivity index (χ0v) is 11.4. The Morgan fingerprint density at radius 3 is 2.62 bits per heavy atom. The lowest BCUT2D eigenvalue weighted by atomic mass is 10.2. The van der Waals surface area contributed by atoms with Crippen LogP contribution in [0.2, 0.25) is 0 Å². The molecule has 1 heterocycles. The molecule has 21 heavy (non-hydrogen) atoms. The molecule has 0 unspecified atom stereocenters. The van der Waals surface area contributed by atoms with Crippen LogP contribution in [0.4, 0.5) is 0 Å². The standard InChI is InChI=1S/C16H13N3O2/c1-21-13-6-7-15-14(8-13)16(10-20)19(18-15)12-4-2-11(9-17)3-5-12/h2-8,20H,10H2,1H3. The van der Waals surface area contributed by atoms with Crippen LogP contribution >= 0.6 is 0 Å². The fraction of sp³-hybridized carbons (Fsp3) is 0.125. The minimum atomic E-state index is -0.135. The zero-order valence-electron chi connectivity index (χ0n) is 11.4. The molecule has 0 saturated carbocycles. The van der Waals surface area contributed by atoms with Gasteiger partial charge in [0.05, 0.1) is 42.2 Å². The van der Waals surface area contributed by atoms with E-state index in [0.717, 1.165) is 22.3 Å². The van der Waals surface area contributed by atoms with E-state index in [1.54, 1.807) is 36.1 Å². The summed E-state index contributed by atoms with van der Waals surface area (Å²) in [6, 6.07) is 14.7. The van der Waals surface area contributed by atoms with E-state index in [1.165, 1.54) is 0 Å². The third-order valence-corrected chi connectivity index (χ3v) is 3.37. The number of fused-ring (bicyclic) bond motifs is 1. The first kappa shape index (κ1) is 13.2. The average Bonchev–Trinajstić information content (AvgIpc) is 2.92. The van der Waals surface area contributed by atoms with Crippen LogP contribution in [-0.4, -0.2) is 22.0 Å². The predicted molar refractivity (Wildman–Crippen MR) is 78.3 cm³/mol. The van der Waals surface area contributed by atoms with Crippen LogP contribution in [0.1, 0.15) is 11.3 Å². The van der Waals surface area contributed by atoms with E-state index in [0.29, 0.717) is 11.3 Å². The van der Waals surface area contributed by atoms with E-state index >= 15 is 0 Å². The second-order valence-electron chi connectivity index (χ2n) is 4.56. The number of aromatic nitrogens is 2. The Kier molecular flexibility index (Phi) is 3.30. The Bertz CT molecular complexity index is 829. The van der Waals surface area contributed by atoms with Crippen molar-refractivity contribution in [1.29, 1.82) is 5.26 Å². The van der Waals surface area contributed by atoms with Crippen molar-refractivity contribution in [3.05, 3.63) is 53.7 Å². The Labute approximate surface area is 121 Å². The predicted octanol–water partition coefficient (Wildman–Crippen LogP) is 2.40. The summed E-state index contributed by atoms with van der Waals surface area (Å²) in [6.45, 7) is -0.135. The van der Waals surface area contributed by atoms with Crippen molar-refractivity contribution >= 4 is 10.9 Å². The first-order valence-corrected chi connectivity index (χ1v) is 6.44. The fourth-order valence-electron chi connectivity index (χ4n) is 2.29. The van der Waals surface area contributed by atoms with Gasteiger partial charge in [-0.25, -0.2) is 4.68 Å². The number of hydrogen-bond acceptors (Lipinski definition) is 4. The number of ether oxygens (including phenoxy) is 1. The van der Waals surface area contributed by atoms with Gasteiger partial charge in [0.1, 0.15) is 5.75 Å². The van der Waals surface area contributed by atoms with E-state index in [4.69, 9.17) is 10.00 Å². The Morgan fingerprint density at radius 2 is 2.00 bits per heavy atom. The third-order valence-electron chi connectivity index (χ3n) is 3.37. The average molecular weight is 279 g/mol. The van der Waals surface area contributed by atoms with Crippen LogP contribution in [0.5, 0.6) is 5.75 Å². The lowest BCUT2D eigenvalue weighted by Crippen LogP contribution is -2.02. The molecule has 0 radical (unpaired) electrons. The largest absolute Gasteiger partial charge is 0.497 e. The molecular weight excluding hydrogens is 266 g/mol. The van der Waals surface area contributed by atoms with Gasteiger partial charge >= 0.3 is 0 Å². The number of aliphatic hydroxyl groups excluding tert-OH is 1. The van der Waals surface area contributed by atoms with Gasteiger partial charge in [-0.15, -0.1) is 0 Å². The smallest absolute Gasteiger partial charge is 0.119 e. The van der Waals surface area contributed by atoms with Gasteiger partial charge in [-0.05, 0) is 42.5 Å². The maximum absolute atomic E-state index is 9.68. The van der Waals surface area contributed by atoms with Crippen molar-refractivity contribution < 1.29 is 9.84 Å². The maximum atomic E-state index is 9.68. The minimum absolute atomic E-state index is 0.135. The summed E-state index contributed by atoms with van der Waals surface area (Å²) in [6.07, 6.45) is 0. The molecule has 5 heteroatoms. The Balaban J connectivity index is 2.19. The molecule has 104 valence electrons. The van der Waals surface area contributed by atoms with Crippen LogP contribution in [-0.2, 0) is 6.61 Å². The number of benzene rings is 2. The van der Waals surface area contributed by atoms with Crippen LogP contribution in [0.3, 0.4) is 0 Å². The lowest BCUT2D eigenvalue weighted by Gasteiger charge is -2.05. The second kappa shape index (κ2) is 5.27. The maximum Gasteiger partial charge on any atom is 0.119 e. The number of methoxy groups -OCH3 is 1. The van der Waals surface area contributed by atoms with Crippen molar-refractivity contribution in [2.45, 2.75) is 6.61 Å². The molecule has 0 aliphatic carbocycles. The highest BCUT2D eigenvalue weighted by Crippen LogP contribution is 2.26. The summed E-state index contributed by atoms with van der Waals surface area (Å²) in [5.41, 5.74) is 2.86. The number of hydrogen-bond donors (Lipinski definition) is 1. The molecule has 1 N–H and O–H groups in total. The van der Waals surface area contributed by atoms with Gasteiger partial charge in [-0.1, -0.05) is 0 Å². The van der Waals surface area contributed by atoms with Crippen LogP contribution in [0.15, 0.2) is 42.5 Å². The molecule has 3 rings (SSSR count). The number of nitrogens with zero attached hydrogens (tertiary/aromatic N) is 3. The van der Waals surface area contributed by atoms with E-state index in [2.05, 4.69) is 11.2 Å². The molecule has 2 aromatic carbocycles. The molecule has 5 nitrogen and oxygen atoms in total. The van der Waals surface area contributed by atoms with Crippen LogP contribution in [0, 0.1) is 11.3 Å². The second-order valence-corrected chi connectivity index (χ2v) is 4.56. The fourth-order valence-corrected chi connectivity index (χ4v) is 2.29. The van der Waals surface area contributed by atoms with Crippen molar-refractivity contribution in [2.24, 2.45) is 0 Å². The molecule has 0 amide bonds. The summed E-state index contributed by atoms with van der Waals surface area (Å²) in [5, 5.41) is 23.9. The molecule has 3 aromatic rings. The topological polar surface area (TPSA) is 71.1 Å². The van der Waals surface area contributed by atoms with Gasteiger partial charge in [-0.2, -0.15) is 10.4 Å².